The maximum absolute atomic E-state index is 12.3. The molecule has 0 N–H and O–H groups in total. The molecule has 0 saturated heterocycles. The summed E-state index contributed by atoms with van der Waals surface area (Å²) in [4.78, 5) is 13.7. The molecule has 1 aliphatic rings. The summed E-state index contributed by atoms with van der Waals surface area (Å²) in [6, 6.07) is 6.68. The number of fused-ring (bicyclic) bond motifs is 1. The molecule has 0 aromatic carbocycles. The van der Waals surface area contributed by atoms with Crippen molar-refractivity contribution >= 4 is 17.1 Å². The zero-order valence-electron chi connectivity index (χ0n) is 12.3. The summed E-state index contributed by atoms with van der Waals surface area (Å²) in [5.74, 6) is 0.302. The highest BCUT2D eigenvalue weighted by Gasteiger charge is 2.34. The first-order chi connectivity index (χ1) is 9.52. The van der Waals surface area contributed by atoms with Crippen LogP contribution in [-0.4, -0.2) is 10.4 Å². The Morgan fingerprint density at radius 2 is 2.15 bits per heavy atom. The summed E-state index contributed by atoms with van der Waals surface area (Å²) >= 11 is 1.80. The molecule has 3 heteroatoms. The van der Waals surface area contributed by atoms with Gasteiger partial charge < -0.3 is 4.57 Å². The predicted octanol–water partition coefficient (Wildman–Crippen LogP) is 4.70. The topological polar surface area (TPSA) is 22.0 Å². The summed E-state index contributed by atoms with van der Waals surface area (Å²) in [5, 5.41) is 2.13. The smallest absolute Gasteiger partial charge is 0.165 e. The molecule has 106 valence electrons. The Kier molecular flexibility index (Phi) is 3.33. The lowest BCUT2D eigenvalue weighted by atomic mass is 9.76. The van der Waals surface area contributed by atoms with E-state index >= 15 is 0 Å². The fourth-order valence-electron chi connectivity index (χ4n) is 3.27. The van der Waals surface area contributed by atoms with Gasteiger partial charge in [0, 0.05) is 28.8 Å². The van der Waals surface area contributed by atoms with Crippen LogP contribution < -0.4 is 0 Å². The molecule has 2 aromatic heterocycles. The molecule has 20 heavy (non-hydrogen) atoms. The third-order valence-electron chi connectivity index (χ3n) is 4.20. The number of carbonyl (C=O) groups is 1. The van der Waals surface area contributed by atoms with Crippen LogP contribution in [0.3, 0.4) is 0 Å². The summed E-state index contributed by atoms with van der Waals surface area (Å²) in [6.45, 7) is 6.60. The zero-order chi connectivity index (χ0) is 14.3. The van der Waals surface area contributed by atoms with Crippen molar-refractivity contribution in [3.8, 4) is 0 Å². The standard InChI is InChI=1S/C17H21NOS/c1-4-13(16-6-5-9-20-16)18-8-7-12-14(18)10-17(2,3)11-15(12)19/h5-9,13H,4,10-11H2,1-3H3. The summed E-state index contributed by atoms with van der Waals surface area (Å²) < 4.78 is 2.33. The van der Waals surface area contributed by atoms with E-state index in [1.54, 1.807) is 11.3 Å². The van der Waals surface area contributed by atoms with Gasteiger partial charge in [0.1, 0.15) is 0 Å². The van der Waals surface area contributed by atoms with Crippen LogP contribution in [0.5, 0.6) is 0 Å². The minimum Gasteiger partial charge on any atom is -0.343 e. The average molecular weight is 287 g/mol. The number of thiophene rings is 1. The van der Waals surface area contributed by atoms with Crippen LogP contribution in [0, 0.1) is 5.41 Å². The minimum atomic E-state index is 0.0773. The zero-order valence-corrected chi connectivity index (χ0v) is 13.2. The Morgan fingerprint density at radius 1 is 1.35 bits per heavy atom. The molecular weight excluding hydrogens is 266 g/mol. The number of hydrogen-bond donors (Lipinski definition) is 0. The molecule has 2 aromatic rings. The quantitative estimate of drug-likeness (QED) is 0.801. The monoisotopic (exact) mass is 287 g/mol. The maximum atomic E-state index is 12.3. The van der Waals surface area contributed by atoms with Gasteiger partial charge in [-0.15, -0.1) is 11.3 Å². The lowest BCUT2D eigenvalue weighted by Gasteiger charge is -2.31. The van der Waals surface area contributed by atoms with E-state index in [1.165, 1.54) is 10.6 Å². The molecule has 0 saturated carbocycles. The summed E-state index contributed by atoms with van der Waals surface area (Å²) in [7, 11) is 0. The number of carbonyl (C=O) groups excluding carboxylic acids is 1. The average Bonchev–Trinajstić information content (AvgIpc) is 3.00. The maximum Gasteiger partial charge on any atom is 0.165 e. The van der Waals surface area contributed by atoms with Crippen LogP contribution >= 0.6 is 11.3 Å². The van der Waals surface area contributed by atoms with Gasteiger partial charge in [0.15, 0.2) is 5.78 Å². The lowest BCUT2D eigenvalue weighted by Crippen LogP contribution is -2.28. The SMILES string of the molecule is CCC(c1cccs1)n1ccc2c1CC(C)(C)CC2=O. The molecule has 1 aliphatic carbocycles. The van der Waals surface area contributed by atoms with Gasteiger partial charge in [-0.3, -0.25) is 4.79 Å². The fraction of sp³-hybridized carbons (Fsp3) is 0.471. The predicted molar refractivity (Wildman–Crippen MR) is 83.6 cm³/mol. The molecular formula is C17H21NOS. The Morgan fingerprint density at radius 3 is 2.80 bits per heavy atom. The molecule has 0 spiro atoms. The number of aromatic nitrogens is 1. The van der Waals surface area contributed by atoms with E-state index in [-0.39, 0.29) is 5.41 Å². The second-order valence-corrected chi connectivity index (χ2v) is 7.44. The fourth-order valence-corrected chi connectivity index (χ4v) is 4.18. The molecule has 3 rings (SSSR count). The van der Waals surface area contributed by atoms with Crippen molar-refractivity contribution < 1.29 is 4.79 Å². The summed E-state index contributed by atoms with van der Waals surface area (Å²) in [6.07, 6.45) is 4.82. The number of ketones is 1. The van der Waals surface area contributed by atoms with Crippen molar-refractivity contribution in [2.45, 2.75) is 46.1 Å². The third-order valence-corrected chi connectivity index (χ3v) is 5.18. The van der Waals surface area contributed by atoms with Crippen molar-refractivity contribution in [1.29, 1.82) is 0 Å². The molecule has 2 nitrogen and oxygen atoms in total. The van der Waals surface area contributed by atoms with Gasteiger partial charge in [-0.05, 0) is 35.8 Å². The number of rotatable bonds is 3. The van der Waals surface area contributed by atoms with Gasteiger partial charge in [-0.25, -0.2) is 0 Å². The Bertz CT molecular complexity index is 621. The molecule has 0 radical (unpaired) electrons. The Hall–Kier alpha value is -1.35. The van der Waals surface area contributed by atoms with Gasteiger partial charge in [0.2, 0.25) is 0 Å². The Labute approximate surface area is 124 Å². The lowest BCUT2D eigenvalue weighted by molar-refractivity contribution is 0.0909. The third kappa shape index (κ3) is 2.24. The van der Waals surface area contributed by atoms with Crippen LogP contribution in [0.15, 0.2) is 29.8 Å². The highest BCUT2D eigenvalue weighted by atomic mass is 32.1. The van der Waals surface area contributed by atoms with Crippen LogP contribution in [0.1, 0.15) is 60.6 Å². The number of hydrogen-bond acceptors (Lipinski definition) is 2. The van der Waals surface area contributed by atoms with E-state index in [1.807, 2.05) is 6.07 Å². The molecule has 1 atom stereocenters. The van der Waals surface area contributed by atoms with Crippen molar-refractivity contribution in [2.75, 3.05) is 0 Å². The normalized spacial score (nSPS) is 18.9. The van der Waals surface area contributed by atoms with Crippen LogP contribution in [-0.2, 0) is 6.42 Å². The first-order valence-corrected chi connectivity index (χ1v) is 8.16. The van der Waals surface area contributed by atoms with Gasteiger partial charge >= 0.3 is 0 Å². The van der Waals surface area contributed by atoms with Crippen molar-refractivity contribution in [1.82, 2.24) is 4.57 Å². The van der Waals surface area contributed by atoms with Gasteiger partial charge in [-0.2, -0.15) is 0 Å². The van der Waals surface area contributed by atoms with Crippen molar-refractivity contribution in [2.24, 2.45) is 5.41 Å². The van der Waals surface area contributed by atoms with E-state index in [2.05, 4.69) is 49.0 Å². The van der Waals surface area contributed by atoms with Crippen molar-refractivity contribution in [3.05, 3.63) is 45.9 Å². The van der Waals surface area contributed by atoms with E-state index in [9.17, 15) is 4.79 Å². The number of nitrogens with zero attached hydrogens (tertiary/aromatic N) is 1. The molecule has 0 bridgehead atoms. The highest BCUT2D eigenvalue weighted by molar-refractivity contribution is 7.10. The van der Waals surface area contributed by atoms with Crippen LogP contribution in [0.4, 0.5) is 0 Å². The van der Waals surface area contributed by atoms with Crippen LogP contribution in [0.25, 0.3) is 0 Å². The van der Waals surface area contributed by atoms with Gasteiger partial charge in [0.05, 0.1) is 6.04 Å². The second kappa shape index (κ2) is 4.88. The molecule has 0 amide bonds. The van der Waals surface area contributed by atoms with E-state index in [4.69, 9.17) is 0 Å². The van der Waals surface area contributed by atoms with E-state index in [0.29, 0.717) is 18.2 Å². The molecule has 0 fully saturated rings. The molecule has 0 aliphatic heterocycles. The largest absolute Gasteiger partial charge is 0.343 e. The van der Waals surface area contributed by atoms with Gasteiger partial charge in [-0.1, -0.05) is 26.8 Å². The second-order valence-electron chi connectivity index (χ2n) is 6.46. The van der Waals surface area contributed by atoms with E-state index in [0.717, 1.165) is 18.4 Å². The molecule has 1 unspecified atom stereocenters. The highest BCUT2D eigenvalue weighted by Crippen LogP contribution is 2.38. The molecule has 2 heterocycles. The number of Topliss-reactive ketones (excluding diaryl/α,β-unsaturated/α-hetero) is 1. The van der Waals surface area contributed by atoms with Gasteiger partial charge in [0.25, 0.3) is 0 Å². The first-order valence-electron chi connectivity index (χ1n) is 7.28. The summed E-state index contributed by atoms with van der Waals surface area (Å²) in [5.41, 5.74) is 2.25. The van der Waals surface area contributed by atoms with E-state index < -0.39 is 0 Å². The minimum absolute atomic E-state index is 0.0773. The first kappa shape index (κ1) is 13.6. The Balaban J connectivity index is 2.06. The van der Waals surface area contributed by atoms with Crippen molar-refractivity contribution in [3.63, 3.8) is 0 Å². The van der Waals surface area contributed by atoms with Crippen LogP contribution in [0.2, 0.25) is 0 Å².